The number of ether oxygens (including phenoxy) is 1. The standard InChI is InChI=1S/C22H25F2N3O3S2/c1-12-5-6-13(2)15(9-12)31-11-17-25-20(28)18-14(3)19(32-21(18)26-17)22(29)27(7-8-30-4)10-16(23)24/h5-6,9,16H,7-8,10-11H2,1-4H3,(H,25,26,28). The van der Waals surface area contributed by atoms with Crippen LogP contribution in [0.1, 0.15) is 32.2 Å². The Kier molecular flexibility index (Phi) is 8.02. The second-order valence-corrected chi connectivity index (χ2v) is 9.46. The van der Waals surface area contributed by atoms with Crippen molar-refractivity contribution in [2.75, 3.05) is 26.8 Å². The Morgan fingerprint density at radius 3 is 2.75 bits per heavy atom. The molecule has 0 aliphatic carbocycles. The highest BCUT2D eigenvalue weighted by molar-refractivity contribution is 7.98. The second kappa shape index (κ2) is 10.5. The van der Waals surface area contributed by atoms with Crippen LogP contribution >= 0.6 is 23.1 Å². The Balaban J connectivity index is 1.90. The Bertz CT molecular complexity index is 1180. The summed E-state index contributed by atoms with van der Waals surface area (Å²) in [6, 6.07) is 6.18. The summed E-state index contributed by atoms with van der Waals surface area (Å²) in [5.74, 6) is 0.409. The molecule has 0 saturated heterocycles. The Hall–Kier alpha value is -2.30. The summed E-state index contributed by atoms with van der Waals surface area (Å²) in [7, 11) is 1.44. The molecule has 0 atom stereocenters. The van der Waals surface area contributed by atoms with Gasteiger partial charge in [-0.25, -0.2) is 13.8 Å². The lowest BCUT2D eigenvalue weighted by Crippen LogP contribution is -2.37. The van der Waals surface area contributed by atoms with Gasteiger partial charge in [-0.3, -0.25) is 9.59 Å². The third kappa shape index (κ3) is 5.54. The summed E-state index contributed by atoms with van der Waals surface area (Å²) in [4.78, 5) is 35.9. The average Bonchev–Trinajstić information content (AvgIpc) is 3.07. The first-order valence-corrected chi connectivity index (χ1v) is 11.8. The van der Waals surface area contributed by atoms with Gasteiger partial charge in [0.05, 0.1) is 29.2 Å². The number of nitrogens with zero attached hydrogens (tertiary/aromatic N) is 2. The van der Waals surface area contributed by atoms with Gasteiger partial charge in [-0.1, -0.05) is 17.7 Å². The first-order valence-electron chi connectivity index (χ1n) is 10.00. The maximum Gasteiger partial charge on any atom is 0.264 e. The molecule has 1 aromatic carbocycles. The number of thioether (sulfide) groups is 1. The number of benzene rings is 1. The summed E-state index contributed by atoms with van der Waals surface area (Å²) in [5.41, 5.74) is 2.40. The highest BCUT2D eigenvalue weighted by Crippen LogP contribution is 2.30. The van der Waals surface area contributed by atoms with Crippen LogP contribution in [0.15, 0.2) is 27.9 Å². The summed E-state index contributed by atoms with van der Waals surface area (Å²) in [6.45, 7) is 5.17. The van der Waals surface area contributed by atoms with Gasteiger partial charge < -0.3 is 14.6 Å². The van der Waals surface area contributed by atoms with E-state index in [1.807, 2.05) is 26.0 Å². The first-order chi connectivity index (χ1) is 15.2. The van der Waals surface area contributed by atoms with Gasteiger partial charge in [-0.2, -0.15) is 0 Å². The minimum atomic E-state index is -2.67. The van der Waals surface area contributed by atoms with Gasteiger partial charge in [-0.15, -0.1) is 23.1 Å². The van der Waals surface area contributed by atoms with Crippen LogP contribution < -0.4 is 5.56 Å². The number of carbonyl (C=O) groups is 1. The Morgan fingerprint density at radius 1 is 1.31 bits per heavy atom. The fourth-order valence-electron chi connectivity index (χ4n) is 3.26. The number of rotatable bonds is 9. The molecule has 2 heterocycles. The van der Waals surface area contributed by atoms with Gasteiger partial charge >= 0.3 is 0 Å². The molecule has 2 aromatic heterocycles. The van der Waals surface area contributed by atoms with E-state index < -0.39 is 18.9 Å². The van der Waals surface area contributed by atoms with Crippen LogP contribution in [0.25, 0.3) is 10.2 Å². The van der Waals surface area contributed by atoms with E-state index >= 15 is 0 Å². The maximum atomic E-state index is 13.0. The number of nitrogens with one attached hydrogen (secondary N) is 1. The topological polar surface area (TPSA) is 75.3 Å². The zero-order chi connectivity index (χ0) is 23.4. The third-order valence-electron chi connectivity index (χ3n) is 4.96. The number of aryl methyl sites for hydroxylation is 3. The molecule has 3 rings (SSSR count). The lowest BCUT2D eigenvalue weighted by molar-refractivity contribution is 0.0481. The molecule has 1 N–H and O–H groups in total. The van der Waals surface area contributed by atoms with Crippen molar-refractivity contribution in [3.63, 3.8) is 0 Å². The van der Waals surface area contributed by atoms with Crippen molar-refractivity contribution in [1.29, 1.82) is 0 Å². The molecule has 3 aromatic rings. The third-order valence-corrected chi connectivity index (χ3v) is 7.31. The minimum absolute atomic E-state index is 0.0366. The zero-order valence-corrected chi connectivity index (χ0v) is 20.0. The molecule has 6 nitrogen and oxygen atoms in total. The molecule has 10 heteroatoms. The van der Waals surface area contributed by atoms with Crippen molar-refractivity contribution in [1.82, 2.24) is 14.9 Å². The van der Waals surface area contributed by atoms with Crippen LogP contribution in [-0.4, -0.2) is 54.0 Å². The number of carbonyl (C=O) groups excluding carboxylic acids is 1. The van der Waals surface area contributed by atoms with E-state index in [1.54, 1.807) is 18.7 Å². The number of aromatic amines is 1. The molecular formula is C22H25F2N3O3S2. The van der Waals surface area contributed by atoms with Crippen LogP contribution in [0.2, 0.25) is 0 Å². The predicted octanol–water partition coefficient (Wildman–Crippen LogP) is 4.56. The lowest BCUT2D eigenvalue weighted by atomic mass is 10.2. The number of fused-ring (bicyclic) bond motifs is 1. The van der Waals surface area contributed by atoms with Crippen molar-refractivity contribution in [3.05, 3.63) is 55.9 Å². The molecule has 1 amide bonds. The molecule has 0 fully saturated rings. The molecule has 0 aliphatic rings. The van der Waals surface area contributed by atoms with Crippen LogP contribution in [0, 0.1) is 20.8 Å². The zero-order valence-electron chi connectivity index (χ0n) is 18.3. The summed E-state index contributed by atoms with van der Waals surface area (Å²) in [5, 5.41) is 0.322. The number of H-pyrrole nitrogens is 1. The molecule has 32 heavy (non-hydrogen) atoms. The van der Waals surface area contributed by atoms with Crippen LogP contribution in [0.5, 0.6) is 0 Å². The number of alkyl halides is 2. The monoisotopic (exact) mass is 481 g/mol. The molecule has 0 aliphatic heterocycles. The highest BCUT2D eigenvalue weighted by atomic mass is 32.2. The molecule has 0 bridgehead atoms. The highest BCUT2D eigenvalue weighted by Gasteiger charge is 2.25. The minimum Gasteiger partial charge on any atom is -0.383 e. The number of halogens is 2. The maximum absolute atomic E-state index is 13.0. The molecule has 172 valence electrons. The number of hydrogen-bond acceptors (Lipinski definition) is 6. The SMILES string of the molecule is COCCN(CC(F)F)C(=O)c1sc2nc(CSc3cc(C)ccc3C)[nH]c(=O)c2c1C. The number of amides is 1. The predicted molar refractivity (Wildman–Crippen MR) is 124 cm³/mol. The number of thiophene rings is 1. The quantitative estimate of drug-likeness (QED) is 0.454. The molecule has 0 spiro atoms. The molecule has 0 saturated carbocycles. The largest absolute Gasteiger partial charge is 0.383 e. The fraction of sp³-hybridized carbons (Fsp3) is 0.409. The fourth-order valence-corrected chi connectivity index (χ4v) is 5.42. The number of methoxy groups -OCH3 is 1. The first kappa shape index (κ1) is 24.3. The molecule has 0 unspecified atom stereocenters. The van der Waals surface area contributed by atoms with Crippen molar-refractivity contribution in [2.24, 2.45) is 0 Å². The van der Waals surface area contributed by atoms with Gasteiger partial charge in [0.2, 0.25) is 0 Å². The van der Waals surface area contributed by atoms with E-state index in [4.69, 9.17) is 4.74 Å². The van der Waals surface area contributed by atoms with Crippen molar-refractivity contribution >= 4 is 39.2 Å². The van der Waals surface area contributed by atoms with Crippen molar-refractivity contribution < 1.29 is 18.3 Å². The van der Waals surface area contributed by atoms with Crippen LogP contribution in [-0.2, 0) is 10.5 Å². The number of hydrogen-bond donors (Lipinski definition) is 1. The van der Waals surface area contributed by atoms with E-state index in [2.05, 4.69) is 16.0 Å². The van der Waals surface area contributed by atoms with Gasteiger partial charge in [0.25, 0.3) is 17.9 Å². The van der Waals surface area contributed by atoms with E-state index in [0.717, 1.165) is 32.3 Å². The van der Waals surface area contributed by atoms with E-state index in [1.165, 1.54) is 7.11 Å². The Labute approximate surface area is 193 Å². The average molecular weight is 482 g/mol. The van der Waals surface area contributed by atoms with E-state index in [9.17, 15) is 18.4 Å². The van der Waals surface area contributed by atoms with Gasteiger partial charge in [0.1, 0.15) is 10.7 Å². The summed E-state index contributed by atoms with van der Waals surface area (Å²) >= 11 is 2.63. The number of aromatic nitrogens is 2. The van der Waals surface area contributed by atoms with Crippen LogP contribution in [0.4, 0.5) is 8.78 Å². The van der Waals surface area contributed by atoms with Crippen molar-refractivity contribution in [2.45, 2.75) is 37.8 Å². The van der Waals surface area contributed by atoms with Crippen LogP contribution in [0.3, 0.4) is 0 Å². The lowest BCUT2D eigenvalue weighted by Gasteiger charge is -2.21. The molecule has 0 radical (unpaired) electrons. The smallest absolute Gasteiger partial charge is 0.264 e. The van der Waals surface area contributed by atoms with E-state index in [-0.39, 0.29) is 23.6 Å². The van der Waals surface area contributed by atoms with Crippen molar-refractivity contribution in [3.8, 4) is 0 Å². The van der Waals surface area contributed by atoms with Gasteiger partial charge in [0.15, 0.2) is 0 Å². The van der Waals surface area contributed by atoms with Gasteiger partial charge in [0, 0.05) is 18.6 Å². The molecular weight excluding hydrogens is 456 g/mol. The summed E-state index contributed by atoms with van der Waals surface area (Å²) < 4.78 is 30.9. The van der Waals surface area contributed by atoms with Gasteiger partial charge in [-0.05, 0) is 38.0 Å². The second-order valence-electron chi connectivity index (χ2n) is 7.44. The summed E-state index contributed by atoms with van der Waals surface area (Å²) in [6.07, 6.45) is -2.67. The Morgan fingerprint density at radius 2 is 2.06 bits per heavy atom. The van der Waals surface area contributed by atoms with E-state index in [0.29, 0.717) is 27.4 Å². The normalized spacial score (nSPS) is 11.5.